The third kappa shape index (κ3) is 6.23. The highest BCUT2D eigenvalue weighted by Gasteiger charge is 2.18. The van der Waals surface area contributed by atoms with Crippen molar-refractivity contribution in [3.63, 3.8) is 0 Å². The second kappa shape index (κ2) is 12.7. The number of aromatic nitrogens is 4. The quantitative estimate of drug-likeness (QED) is 0.207. The zero-order valence-electron chi connectivity index (χ0n) is 24.6. The molecule has 1 N–H and O–H groups in total. The van der Waals surface area contributed by atoms with Crippen LogP contribution in [-0.2, 0) is 12.8 Å². The fourth-order valence-electron chi connectivity index (χ4n) is 5.99. The van der Waals surface area contributed by atoms with E-state index in [1.54, 1.807) is 4.57 Å². The normalized spacial score (nSPS) is 13.7. The van der Waals surface area contributed by atoms with E-state index in [9.17, 15) is 9.59 Å². The molecule has 0 unspecified atom stereocenters. The van der Waals surface area contributed by atoms with E-state index in [4.69, 9.17) is 14.2 Å². The monoisotopic (exact) mass is 576 g/mol. The van der Waals surface area contributed by atoms with E-state index in [0.29, 0.717) is 23.6 Å². The lowest BCUT2D eigenvalue weighted by Gasteiger charge is -2.23. The van der Waals surface area contributed by atoms with E-state index in [2.05, 4.69) is 17.1 Å². The Balaban J connectivity index is 1.28. The van der Waals surface area contributed by atoms with Gasteiger partial charge in [-0.25, -0.2) is 9.78 Å². The number of nitrogens with one attached hydrogen (secondary N) is 1. The highest BCUT2D eigenvalue weighted by atomic mass is 16.5. The first-order valence-electron chi connectivity index (χ1n) is 15.1. The van der Waals surface area contributed by atoms with E-state index in [1.807, 2.05) is 79.7 Å². The van der Waals surface area contributed by atoms with E-state index in [-0.39, 0.29) is 11.7 Å². The molecule has 6 rings (SSSR count). The summed E-state index contributed by atoms with van der Waals surface area (Å²) in [5.41, 5.74) is 5.97. The Hall–Kier alpha value is -4.72. The summed E-state index contributed by atoms with van der Waals surface area (Å²) in [5, 5.41) is 3.86. The molecule has 3 aromatic carbocycles. The van der Waals surface area contributed by atoms with Crippen molar-refractivity contribution in [3.05, 3.63) is 116 Å². The van der Waals surface area contributed by atoms with Crippen molar-refractivity contribution < 1.29 is 9.26 Å². The summed E-state index contributed by atoms with van der Waals surface area (Å²) in [7, 11) is 0. The van der Waals surface area contributed by atoms with Crippen molar-refractivity contribution in [2.45, 2.75) is 71.3 Å². The molecule has 2 heterocycles. The van der Waals surface area contributed by atoms with Gasteiger partial charge in [0.05, 0.1) is 17.5 Å². The molecule has 8 nitrogen and oxygen atoms in total. The molecule has 1 saturated carbocycles. The van der Waals surface area contributed by atoms with Crippen LogP contribution in [0.1, 0.15) is 68.1 Å². The molecule has 0 atom stereocenters. The van der Waals surface area contributed by atoms with Gasteiger partial charge in [0.2, 0.25) is 0 Å². The topological polar surface area (TPSA) is 103 Å². The Labute approximate surface area is 250 Å². The molecule has 0 saturated heterocycles. The fourth-order valence-corrected chi connectivity index (χ4v) is 5.99. The van der Waals surface area contributed by atoms with Crippen LogP contribution in [0, 0.1) is 6.92 Å². The van der Waals surface area contributed by atoms with Gasteiger partial charge >= 0.3 is 5.76 Å². The van der Waals surface area contributed by atoms with Crippen LogP contribution in [0.15, 0.2) is 86.9 Å². The maximum Gasteiger partial charge on any atom is 0.439 e. The molecule has 0 aliphatic heterocycles. The number of hydrogen-bond acceptors (Lipinski definition) is 6. The SMILES string of the molecule is CCCc1nc(C)n(-c2ccc(OC3CCCCC3)cc2)c(=O)c1Cc1ccc(-c2ccccc2-c2noc(=O)[nH]2)cc1. The lowest BCUT2D eigenvalue weighted by molar-refractivity contribution is 0.155. The smallest absolute Gasteiger partial charge is 0.439 e. The molecular formula is C35H36N4O4. The molecule has 1 fully saturated rings. The molecule has 0 spiro atoms. The second-order valence-corrected chi connectivity index (χ2v) is 11.2. The first kappa shape index (κ1) is 28.4. The second-order valence-electron chi connectivity index (χ2n) is 11.2. The minimum atomic E-state index is -0.593. The van der Waals surface area contributed by atoms with Crippen LogP contribution in [0.4, 0.5) is 0 Å². The standard InChI is InChI=1S/C35H36N4O4/c1-3-9-32-31(22-24-14-16-25(17-15-24)29-12-7-8-13-30(29)33-37-35(41)43-38-33)34(40)39(23(2)36-32)26-18-20-28(21-19-26)42-27-10-5-4-6-11-27/h7-8,12-21,27H,3-6,9-11,22H2,1-2H3,(H,37,38,41). The molecule has 8 heteroatoms. The lowest BCUT2D eigenvalue weighted by atomic mass is 9.96. The zero-order valence-corrected chi connectivity index (χ0v) is 24.6. The lowest BCUT2D eigenvalue weighted by Crippen LogP contribution is -2.28. The molecule has 0 bridgehead atoms. The van der Waals surface area contributed by atoms with Crippen molar-refractivity contribution in [1.29, 1.82) is 0 Å². The summed E-state index contributed by atoms with van der Waals surface area (Å²) in [6, 6.07) is 23.6. The maximum atomic E-state index is 14.0. The van der Waals surface area contributed by atoms with Gasteiger partial charge in [0.25, 0.3) is 5.56 Å². The largest absolute Gasteiger partial charge is 0.490 e. The van der Waals surface area contributed by atoms with E-state index in [1.165, 1.54) is 19.3 Å². The van der Waals surface area contributed by atoms with E-state index in [0.717, 1.165) is 65.1 Å². The van der Waals surface area contributed by atoms with Crippen molar-refractivity contribution in [1.82, 2.24) is 19.7 Å². The van der Waals surface area contributed by atoms with Crippen LogP contribution in [-0.4, -0.2) is 25.8 Å². The summed E-state index contributed by atoms with van der Waals surface area (Å²) in [6.45, 7) is 4.00. The number of aryl methyl sites for hydroxylation is 2. The number of hydrogen-bond donors (Lipinski definition) is 1. The third-order valence-corrected chi connectivity index (χ3v) is 8.13. The number of benzene rings is 3. The summed E-state index contributed by atoms with van der Waals surface area (Å²) in [4.78, 5) is 33.1. The first-order chi connectivity index (χ1) is 21.0. The van der Waals surface area contributed by atoms with Crippen LogP contribution >= 0.6 is 0 Å². The van der Waals surface area contributed by atoms with Gasteiger partial charge in [-0.2, -0.15) is 0 Å². The summed E-state index contributed by atoms with van der Waals surface area (Å²) >= 11 is 0. The molecule has 0 radical (unpaired) electrons. The number of H-pyrrole nitrogens is 1. The number of ether oxygens (including phenoxy) is 1. The van der Waals surface area contributed by atoms with Gasteiger partial charge in [0.15, 0.2) is 5.82 Å². The van der Waals surface area contributed by atoms with Crippen LogP contribution in [0.3, 0.4) is 0 Å². The van der Waals surface area contributed by atoms with Gasteiger partial charge in [-0.1, -0.05) is 73.5 Å². The Morgan fingerprint density at radius 1 is 0.930 bits per heavy atom. The average molecular weight is 577 g/mol. The molecule has 43 heavy (non-hydrogen) atoms. The summed E-state index contributed by atoms with van der Waals surface area (Å²) in [6.07, 6.45) is 8.31. The molecule has 2 aromatic heterocycles. The van der Waals surface area contributed by atoms with E-state index < -0.39 is 5.76 Å². The molecule has 1 aliphatic rings. The van der Waals surface area contributed by atoms with Gasteiger partial charge < -0.3 is 4.74 Å². The molecule has 5 aromatic rings. The molecule has 1 aliphatic carbocycles. The number of rotatable bonds is 9. The Morgan fingerprint density at radius 3 is 2.33 bits per heavy atom. The minimum Gasteiger partial charge on any atom is -0.490 e. The molecule has 0 amide bonds. The van der Waals surface area contributed by atoms with Gasteiger partial charge in [-0.05, 0) is 80.0 Å². The Morgan fingerprint density at radius 2 is 1.65 bits per heavy atom. The number of nitrogens with zero attached hydrogens (tertiary/aromatic N) is 3. The fraction of sp³-hybridized carbons (Fsp3) is 0.314. The summed E-state index contributed by atoms with van der Waals surface area (Å²) in [5.74, 6) is 1.31. The van der Waals surface area contributed by atoms with Gasteiger partial charge in [-0.15, -0.1) is 0 Å². The van der Waals surface area contributed by atoms with Crippen LogP contribution in [0.25, 0.3) is 28.2 Å². The van der Waals surface area contributed by atoms with Crippen LogP contribution in [0.2, 0.25) is 0 Å². The Kier molecular flexibility index (Phi) is 8.36. The Bertz CT molecular complexity index is 1810. The highest BCUT2D eigenvalue weighted by molar-refractivity contribution is 5.80. The predicted molar refractivity (Wildman–Crippen MR) is 167 cm³/mol. The van der Waals surface area contributed by atoms with Crippen molar-refractivity contribution >= 4 is 0 Å². The summed E-state index contributed by atoms with van der Waals surface area (Å²) < 4.78 is 12.6. The minimum absolute atomic E-state index is 0.0405. The van der Waals surface area contributed by atoms with Crippen molar-refractivity contribution in [3.8, 4) is 34.0 Å². The number of aromatic amines is 1. The molecule has 220 valence electrons. The predicted octanol–water partition coefficient (Wildman–Crippen LogP) is 6.81. The highest BCUT2D eigenvalue weighted by Crippen LogP contribution is 2.30. The maximum absolute atomic E-state index is 14.0. The van der Waals surface area contributed by atoms with Gasteiger partial charge in [0.1, 0.15) is 11.6 Å². The first-order valence-corrected chi connectivity index (χ1v) is 15.1. The van der Waals surface area contributed by atoms with Gasteiger partial charge in [-0.3, -0.25) is 18.9 Å². The van der Waals surface area contributed by atoms with Crippen LogP contribution in [0.5, 0.6) is 5.75 Å². The van der Waals surface area contributed by atoms with Crippen LogP contribution < -0.4 is 16.1 Å². The zero-order chi connectivity index (χ0) is 29.8. The third-order valence-electron chi connectivity index (χ3n) is 8.13. The van der Waals surface area contributed by atoms with Gasteiger partial charge in [0, 0.05) is 17.5 Å². The van der Waals surface area contributed by atoms with Crippen molar-refractivity contribution in [2.75, 3.05) is 0 Å². The van der Waals surface area contributed by atoms with E-state index >= 15 is 0 Å². The van der Waals surface area contributed by atoms with Crippen molar-refractivity contribution in [2.24, 2.45) is 0 Å². The molecular weight excluding hydrogens is 540 g/mol. The average Bonchev–Trinajstić information content (AvgIpc) is 3.47.